The van der Waals surface area contributed by atoms with E-state index >= 15 is 0 Å². The lowest BCUT2D eigenvalue weighted by Gasteiger charge is -2.66. The Hall–Kier alpha value is -1.61. The smallest absolute Gasteiger partial charge is 0.310 e. The summed E-state index contributed by atoms with van der Waals surface area (Å²) in [4.78, 5) is 15.4. The van der Waals surface area contributed by atoms with Gasteiger partial charge in [0.25, 0.3) is 0 Å². The lowest BCUT2D eigenvalue weighted by Crippen LogP contribution is -2.71. The van der Waals surface area contributed by atoms with E-state index in [1.165, 1.54) is 23.8 Å². The average Bonchev–Trinajstić information content (AvgIpc) is 2.67. The zero-order chi connectivity index (χ0) is 19.1. The minimum absolute atomic E-state index is 0.0598. The van der Waals surface area contributed by atoms with Crippen LogP contribution < -0.4 is 0 Å². The van der Waals surface area contributed by atoms with Crippen LogP contribution in [-0.4, -0.2) is 29.6 Å². The molecule has 0 saturated carbocycles. The molecular formula is C23H33NO2. The third-order valence-electron chi connectivity index (χ3n) is 7.63. The molecule has 0 unspecified atom stereocenters. The standard InChI is InChI=1S/C23H33NO2/c1-7-20-23(8-2)14-19(21(25)26-6)22(5,16(3)17(23)4)24(20)15-18-12-10-9-11-13-18/h9-13,19-20H,7-8,14-15H2,1-6H3/t19-,20-,22+,23+/m1/s1. The van der Waals surface area contributed by atoms with E-state index in [9.17, 15) is 4.79 Å². The Morgan fingerprint density at radius 1 is 1.19 bits per heavy atom. The first-order valence-corrected chi connectivity index (χ1v) is 9.93. The van der Waals surface area contributed by atoms with E-state index in [4.69, 9.17) is 4.74 Å². The van der Waals surface area contributed by atoms with Crippen LogP contribution in [0.2, 0.25) is 0 Å². The van der Waals surface area contributed by atoms with Crippen LogP contribution in [0.25, 0.3) is 0 Å². The average molecular weight is 356 g/mol. The summed E-state index contributed by atoms with van der Waals surface area (Å²) >= 11 is 0. The summed E-state index contributed by atoms with van der Waals surface area (Å²) in [6, 6.07) is 11.1. The van der Waals surface area contributed by atoms with Crippen molar-refractivity contribution in [2.24, 2.45) is 11.3 Å². The number of methoxy groups -OCH3 is 1. The van der Waals surface area contributed by atoms with Crippen molar-refractivity contribution < 1.29 is 9.53 Å². The van der Waals surface area contributed by atoms with Crippen LogP contribution in [0.1, 0.15) is 59.4 Å². The van der Waals surface area contributed by atoms with Crippen molar-refractivity contribution in [1.82, 2.24) is 4.90 Å². The van der Waals surface area contributed by atoms with E-state index in [0.717, 1.165) is 25.8 Å². The van der Waals surface area contributed by atoms with Gasteiger partial charge in [-0.2, -0.15) is 0 Å². The van der Waals surface area contributed by atoms with Crippen molar-refractivity contribution in [3.05, 3.63) is 47.0 Å². The van der Waals surface area contributed by atoms with Crippen molar-refractivity contribution >= 4 is 5.97 Å². The van der Waals surface area contributed by atoms with Gasteiger partial charge in [-0.3, -0.25) is 9.69 Å². The molecule has 0 N–H and O–H groups in total. The Balaban J connectivity index is 2.17. The summed E-state index contributed by atoms with van der Waals surface area (Å²) < 4.78 is 5.26. The molecule has 2 heterocycles. The fourth-order valence-electron chi connectivity index (χ4n) is 5.92. The minimum Gasteiger partial charge on any atom is -0.469 e. The van der Waals surface area contributed by atoms with Gasteiger partial charge in [0, 0.05) is 18.0 Å². The monoisotopic (exact) mass is 355 g/mol. The highest BCUT2D eigenvalue weighted by Crippen LogP contribution is 2.61. The summed E-state index contributed by atoms with van der Waals surface area (Å²) in [6.45, 7) is 12.2. The Morgan fingerprint density at radius 2 is 1.85 bits per heavy atom. The van der Waals surface area contributed by atoms with Crippen molar-refractivity contribution in [1.29, 1.82) is 0 Å². The van der Waals surface area contributed by atoms with Gasteiger partial charge in [-0.1, -0.05) is 55.3 Å². The van der Waals surface area contributed by atoms with E-state index in [1.807, 2.05) is 0 Å². The van der Waals surface area contributed by atoms with Gasteiger partial charge in [0.2, 0.25) is 0 Å². The number of hydrogen-bond donors (Lipinski definition) is 0. The molecule has 3 nitrogen and oxygen atoms in total. The first-order chi connectivity index (χ1) is 12.4. The van der Waals surface area contributed by atoms with Crippen LogP contribution >= 0.6 is 0 Å². The van der Waals surface area contributed by atoms with E-state index in [2.05, 4.69) is 69.9 Å². The topological polar surface area (TPSA) is 29.5 Å². The number of fused-ring (bicyclic) bond motifs is 2. The number of piperidine rings is 1. The zero-order valence-corrected chi connectivity index (χ0v) is 17.1. The van der Waals surface area contributed by atoms with Crippen LogP contribution in [0.4, 0.5) is 0 Å². The third-order valence-corrected chi connectivity index (χ3v) is 7.63. The Labute approximate surface area is 158 Å². The SMILES string of the molecule is CC[C@H]1N(Cc2ccccc2)[C@@]2(C)C(C)=C(C)[C@]1(CC)C[C@@H]2C(=O)OC. The van der Waals surface area contributed by atoms with E-state index in [1.54, 1.807) is 0 Å². The van der Waals surface area contributed by atoms with Crippen LogP contribution in [0.5, 0.6) is 0 Å². The molecule has 1 saturated heterocycles. The quantitative estimate of drug-likeness (QED) is 0.552. The van der Waals surface area contributed by atoms with Gasteiger partial charge < -0.3 is 4.74 Å². The summed E-state index contributed by atoms with van der Waals surface area (Å²) in [5, 5.41) is 0. The van der Waals surface area contributed by atoms with E-state index in [-0.39, 0.29) is 22.8 Å². The first-order valence-electron chi connectivity index (χ1n) is 9.93. The molecule has 1 fully saturated rings. The Bertz CT molecular complexity index is 710. The second kappa shape index (κ2) is 6.84. The Morgan fingerprint density at radius 3 is 2.38 bits per heavy atom. The number of carbonyl (C=O) groups is 1. The Kier molecular flexibility index (Phi) is 5.04. The van der Waals surface area contributed by atoms with E-state index in [0.29, 0.717) is 6.04 Å². The maximum atomic E-state index is 12.8. The van der Waals surface area contributed by atoms with Gasteiger partial charge in [-0.25, -0.2) is 0 Å². The molecule has 0 radical (unpaired) electrons. The van der Waals surface area contributed by atoms with Crippen molar-refractivity contribution in [2.45, 2.75) is 72.0 Å². The number of nitrogens with zero attached hydrogens (tertiary/aromatic N) is 1. The van der Waals surface area contributed by atoms with Crippen LogP contribution in [0, 0.1) is 11.3 Å². The molecule has 0 spiro atoms. The molecule has 2 bridgehead atoms. The van der Waals surface area contributed by atoms with Gasteiger partial charge >= 0.3 is 5.97 Å². The van der Waals surface area contributed by atoms with E-state index < -0.39 is 0 Å². The van der Waals surface area contributed by atoms with Gasteiger partial charge in [0.15, 0.2) is 0 Å². The van der Waals surface area contributed by atoms with Crippen LogP contribution in [-0.2, 0) is 16.1 Å². The number of carbonyl (C=O) groups excluding carboxylic acids is 1. The number of esters is 1. The van der Waals surface area contributed by atoms with Gasteiger partial charge in [0.1, 0.15) is 0 Å². The fourth-order valence-corrected chi connectivity index (χ4v) is 5.92. The first kappa shape index (κ1) is 19.2. The summed E-state index contributed by atoms with van der Waals surface area (Å²) in [5.74, 6) is -0.174. The molecule has 26 heavy (non-hydrogen) atoms. The zero-order valence-electron chi connectivity index (χ0n) is 17.1. The maximum absolute atomic E-state index is 12.8. The van der Waals surface area contributed by atoms with Crippen LogP contribution in [0.3, 0.4) is 0 Å². The number of hydrogen-bond acceptors (Lipinski definition) is 3. The molecule has 1 aliphatic carbocycles. The summed E-state index contributed by atoms with van der Waals surface area (Å²) in [6.07, 6.45) is 3.05. The number of rotatable bonds is 5. The summed E-state index contributed by atoms with van der Waals surface area (Å²) in [7, 11) is 1.53. The van der Waals surface area contributed by atoms with Crippen molar-refractivity contribution in [3.8, 4) is 0 Å². The maximum Gasteiger partial charge on any atom is 0.310 e. The fraction of sp³-hybridized carbons (Fsp3) is 0.609. The molecule has 1 aromatic rings. The van der Waals surface area contributed by atoms with Crippen LogP contribution in [0.15, 0.2) is 41.5 Å². The van der Waals surface area contributed by atoms with Crippen molar-refractivity contribution in [3.63, 3.8) is 0 Å². The van der Waals surface area contributed by atoms with Gasteiger partial charge in [-0.05, 0) is 45.6 Å². The second-order valence-corrected chi connectivity index (χ2v) is 8.22. The molecule has 4 atom stereocenters. The number of ether oxygens (including phenoxy) is 1. The highest BCUT2D eigenvalue weighted by Gasteiger charge is 2.63. The largest absolute Gasteiger partial charge is 0.469 e. The van der Waals surface area contributed by atoms with Crippen molar-refractivity contribution in [2.75, 3.05) is 7.11 Å². The molecule has 1 aromatic carbocycles. The lowest BCUT2D eigenvalue weighted by molar-refractivity contribution is -0.167. The number of benzene rings is 1. The molecule has 3 aliphatic rings. The molecule has 3 heteroatoms. The minimum atomic E-state index is -0.287. The van der Waals surface area contributed by atoms with Gasteiger partial charge in [0.05, 0.1) is 18.6 Å². The third kappa shape index (κ3) is 2.47. The normalized spacial score (nSPS) is 34.2. The molecule has 4 rings (SSSR count). The second-order valence-electron chi connectivity index (χ2n) is 8.22. The molecule has 142 valence electrons. The van der Waals surface area contributed by atoms with Gasteiger partial charge in [-0.15, -0.1) is 0 Å². The lowest BCUT2D eigenvalue weighted by atomic mass is 9.50. The molecule has 0 aromatic heterocycles. The highest BCUT2D eigenvalue weighted by molar-refractivity contribution is 5.76. The predicted octanol–water partition coefficient (Wildman–Crippen LogP) is 4.97. The summed E-state index contributed by atoms with van der Waals surface area (Å²) in [5.41, 5.74) is 3.94. The molecule has 2 aliphatic heterocycles. The highest BCUT2D eigenvalue weighted by atomic mass is 16.5. The molecular weight excluding hydrogens is 322 g/mol. The molecule has 0 amide bonds. The predicted molar refractivity (Wildman–Crippen MR) is 106 cm³/mol.